The van der Waals surface area contributed by atoms with Gasteiger partial charge in [-0.3, -0.25) is 0 Å². The maximum Gasteiger partial charge on any atom is 0.115 e. The smallest absolute Gasteiger partial charge is 0.115 e. The van der Waals surface area contributed by atoms with Crippen molar-refractivity contribution in [2.45, 2.75) is 59.0 Å². The second kappa shape index (κ2) is 4.28. The molecule has 0 bridgehead atoms. The third kappa shape index (κ3) is 1.69. The lowest BCUT2D eigenvalue weighted by atomic mass is 9.96. The first-order chi connectivity index (χ1) is 7.52. The molecule has 2 unspecified atom stereocenters. The van der Waals surface area contributed by atoms with Gasteiger partial charge in [0.15, 0.2) is 0 Å². The Balaban J connectivity index is 2.25. The standard InChI is InChI=1S/C13H25NO2/c1-6-13-7-15-11(9(2)3)14(13)12(10(4)5)16-8-13/h9-12H,6-8H2,1-5H3. The zero-order valence-corrected chi connectivity index (χ0v) is 11.2. The topological polar surface area (TPSA) is 21.7 Å². The molecule has 2 aliphatic heterocycles. The Bertz CT molecular complexity index is 232. The summed E-state index contributed by atoms with van der Waals surface area (Å²) in [6.45, 7) is 12.8. The van der Waals surface area contributed by atoms with Crippen LogP contribution in [0.5, 0.6) is 0 Å². The molecular weight excluding hydrogens is 202 g/mol. The summed E-state index contributed by atoms with van der Waals surface area (Å²) in [6.07, 6.45) is 1.57. The maximum absolute atomic E-state index is 6.00. The van der Waals surface area contributed by atoms with Gasteiger partial charge in [0, 0.05) is 0 Å². The van der Waals surface area contributed by atoms with Crippen LogP contribution in [-0.4, -0.2) is 36.1 Å². The Hall–Kier alpha value is -0.120. The van der Waals surface area contributed by atoms with Crippen molar-refractivity contribution >= 4 is 0 Å². The number of hydrogen-bond donors (Lipinski definition) is 0. The predicted molar refractivity (Wildman–Crippen MR) is 64.0 cm³/mol. The van der Waals surface area contributed by atoms with E-state index in [1.165, 1.54) is 0 Å². The van der Waals surface area contributed by atoms with E-state index < -0.39 is 0 Å². The van der Waals surface area contributed by atoms with Crippen LogP contribution in [0.25, 0.3) is 0 Å². The van der Waals surface area contributed by atoms with Crippen LogP contribution in [0, 0.1) is 11.8 Å². The Morgan fingerprint density at radius 3 is 1.81 bits per heavy atom. The van der Waals surface area contributed by atoms with Gasteiger partial charge in [0.05, 0.1) is 18.8 Å². The first-order valence-electron chi connectivity index (χ1n) is 6.53. The lowest BCUT2D eigenvalue weighted by Gasteiger charge is -2.36. The summed E-state index contributed by atoms with van der Waals surface area (Å²) in [7, 11) is 0. The van der Waals surface area contributed by atoms with Crippen molar-refractivity contribution in [1.29, 1.82) is 0 Å². The van der Waals surface area contributed by atoms with E-state index in [1.807, 2.05) is 0 Å². The van der Waals surface area contributed by atoms with E-state index in [0.717, 1.165) is 19.6 Å². The van der Waals surface area contributed by atoms with E-state index in [1.54, 1.807) is 0 Å². The first kappa shape index (κ1) is 12.3. The molecule has 3 nitrogen and oxygen atoms in total. The normalized spacial score (nSPS) is 39.9. The Labute approximate surface area is 99.1 Å². The summed E-state index contributed by atoms with van der Waals surface area (Å²) in [5, 5.41) is 0. The average molecular weight is 227 g/mol. The van der Waals surface area contributed by atoms with Crippen molar-refractivity contribution in [1.82, 2.24) is 4.90 Å². The lowest BCUT2D eigenvalue weighted by Crippen LogP contribution is -2.51. The van der Waals surface area contributed by atoms with Crippen molar-refractivity contribution in [3.05, 3.63) is 0 Å². The molecule has 3 heteroatoms. The molecule has 16 heavy (non-hydrogen) atoms. The zero-order valence-electron chi connectivity index (χ0n) is 11.2. The van der Waals surface area contributed by atoms with E-state index in [9.17, 15) is 0 Å². The number of nitrogens with zero attached hydrogens (tertiary/aromatic N) is 1. The summed E-state index contributed by atoms with van der Waals surface area (Å²) in [5.41, 5.74) is 0.143. The van der Waals surface area contributed by atoms with Crippen LogP contribution < -0.4 is 0 Å². The molecular formula is C13H25NO2. The van der Waals surface area contributed by atoms with E-state index in [0.29, 0.717) is 11.8 Å². The molecule has 2 aliphatic rings. The van der Waals surface area contributed by atoms with Crippen LogP contribution in [0.3, 0.4) is 0 Å². The highest BCUT2D eigenvalue weighted by molar-refractivity contribution is 5.02. The summed E-state index contributed by atoms with van der Waals surface area (Å²) in [5.74, 6) is 1.05. The molecule has 0 saturated carbocycles. The van der Waals surface area contributed by atoms with Crippen LogP contribution in [0.4, 0.5) is 0 Å². The van der Waals surface area contributed by atoms with Gasteiger partial charge < -0.3 is 9.47 Å². The van der Waals surface area contributed by atoms with Crippen LogP contribution in [0.15, 0.2) is 0 Å². The Morgan fingerprint density at radius 1 is 1.06 bits per heavy atom. The van der Waals surface area contributed by atoms with Gasteiger partial charge in [-0.1, -0.05) is 34.6 Å². The highest BCUT2D eigenvalue weighted by atomic mass is 16.6. The quantitative estimate of drug-likeness (QED) is 0.739. The molecule has 2 rings (SSSR count). The molecule has 0 N–H and O–H groups in total. The van der Waals surface area contributed by atoms with Gasteiger partial charge in [0.25, 0.3) is 0 Å². The summed E-state index contributed by atoms with van der Waals surface area (Å²) in [4.78, 5) is 2.50. The van der Waals surface area contributed by atoms with Crippen molar-refractivity contribution in [2.75, 3.05) is 13.2 Å². The minimum absolute atomic E-state index is 0.143. The molecule has 2 saturated heterocycles. The molecule has 0 aromatic carbocycles. The zero-order chi connectivity index (χ0) is 11.9. The third-order valence-corrected chi connectivity index (χ3v) is 3.94. The highest BCUT2D eigenvalue weighted by Gasteiger charge is 2.55. The van der Waals surface area contributed by atoms with Gasteiger partial charge in [-0.05, 0) is 18.3 Å². The second-order valence-electron chi connectivity index (χ2n) is 5.88. The van der Waals surface area contributed by atoms with E-state index in [-0.39, 0.29) is 18.0 Å². The minimum atomic E-state index is 0.143. The fraction of sp³-hybridized carbons (Fsp3) is 1.00. The minimum Gasteiger partial charge on any atom is -0.361 e. The van der Waals surface area contributed by atoms with E-state index in [4.69, 9.17) is 9.47 Å². The van der Waals surface area contributed by atoms with Crippen molar-refractivity contribution in [3.63, 3.8) is 0 Å². The van der Waals surface area contributed by atoms with Gasteiger partial charge in [-0.25, -0.2) is 4.90 Å². The monoisotopic (exact) mass is 227 g/mol. The summed E-state index contributed by atoms with van der Waals surface area (Å²) < 4.78 is 12.0. The molecule has 0 aliphatic carbocycles. The van der Waals surface area contributed by atoms with Gasteiger partial charge in [-0.2, -0.15) is 0 Å². The van der Waals surface area contributed by atoms with E-state index in [2.05, 4.69) is 39.5 Å². The molecule has 0 aromatic heterocycles. The van der Waals surface area contributed by atoms with Crippen molar-refractivity contribution < 1.29 is 9.47 Å². The first-order valence-corrected chi connectivity index (χ1v) is 6.53. The molecule has 2 fully saturated rings. The number of hydrogen-bond acceptors (Lipinski definition) is 3. The van der Waals surface area contributed by atoms with Gasteiger partial charge in [-0.15, -0.1) is 0 Å². The predicted octanol–water partition coefficient (Wildman–Crippen LogP) is 2.46. The van der Waals surface area contributed by atoms with Crippen LogP contribution in [-0.2, 0) is 9.47 Å². The SMILES string of the molecule is CCC12COC(C(C)C)N1C(C(C)C)OC2. The number of rotatable bonds is 3. The molecule has 0 aromatic rings. The van der Waals surface area contributed by atoms with E-state index >= 15 is 0 Å². The molecule has 94 valence electrons. The van der Waals surface area contributed by atoms with Gasteiger partial charge >= 0.3 is 0 Å². The van der Waals surface area contributed by atoms with Crippen LogP contribution >= 0.6 is 0 Å². The maximum atomic E-state index is 6.00. The molecule has 0 radical (unpaired) electrons. The molecule has 2 heterocycles. The second-order valence-corrected chi connectivity index (χ2v) is 5.88. The molecule has 0 spiro atoms. The van der Waals surface area contributed by atoms with Gasteiger partial charge in [0.2, 0.25) is 0 Å². The van der Waals surface area contributed by atoms with Crippen LogP contribution in [0.2, 0.25) is 0 Å². The third-order valence-electron chi connectivity index (χ3n) is 3.94. The highest BCUT2D eigenvalue weighted by Crippen LogP contribution is 2.42. The van der Waals surface area contributed by atoms with Crippen molar-refractivity contribution in [3.8, 4) is 0 Å². The largest absolute Gasteiger partial charge is 0.361 e. The fourth-order valence-corrected chi connectivity index (χ4v) is 2.93. The van der Waals surface area contributed by atoms with Crippen LogP contribution in [0.1, 0.15) is 41.0 Å². The fourth-order valence-electron chi connectivity index (χ4n) is 2.93. The Kier molecular flexibility index (Phi) is 3.30. The lowest BCUT2D eigenvalue weighted by molar-refractivity contribution is -0.0949. The number of ether oxygens (including phenoxy) is 2. The number of fused-ring (bicyclic) bond motifs is 1. The summed E-state index contributed by atoms with van der Waals surface area (Å²) in [6, 6.07) is 0. The van der Waals surface area contributed by atoms with Crippen molar-refractivity contribution in [2.24, 2.45) is 11.8 Å². The molecule has 2 atom stereocenters. The molecule has 0 amide bonds. The van der Waals surface area contributed by atoms with Gasteiger partial charge in [0.1, 0.15) is 12.5 Å². The Morgan fingerprint density at radius 2 is 1.50 bits per heavy atom. The average Bonchev–Trinajstić information content (AvgIpc) is 2.72. The summed E-state index contributed by atoms with van der Waals surface area (Å²) >= 11 is 0.